The van der Waals surface area contributed by atoms with E-state index in [0.29, 0.717) is 6.54 Å². The Labute approximate surface area is 88.1 Å². The molecule has 0 unspecified atom stereocenters. The Morgan fingerprint density at radius 2 is 2.20 bits per heavy atom. The highest BCUT2D eigenvalue weighted by Gasteiger charge is 2.01. The average Bonchev–Trinajstić information content (AvgIpc) is 2.63. The third-order valence-electron chi connectivity index (χ3n) is 2.10. The third-order valence-corrected chi connectivity index (χ3v) is 2.10. The molecule has 0 aliphatic rings. The van der Waals surface area contributed by atoms with Gasteiger partial charge in [-0.3, -0.25) is 0 Å². The van der Waals surface area contributed by atoms with Crippen molar-refractivity contribution in [3.63, 3.8) is 0 Å². The molecule has 3 N–H and O–H groups in total. The van der Waals surface area contributed by atoms with Crippen LogP contribution in [0.4, 0.5) is 11.4 Å². The minimum absolute atomic E-state index is 0.617. The molecule has 0 radical (unpaired) electrons. The monoisotopic (exact) mass is 203 g/mol. The molecule has 0 fully saturated rings. The van der Waals surface area contributed by atoms with Crippen molar-refractivity contribution in [3.05, 3.63) is 41.8 Å². The van der Waals surface area contributed by atoms with E-state index in [1.165, 1.54) is 0 Å². The Bertz CT molecular complexity index is 451. The lowest BCUT2D eigenvalue weighted by Gasteiger charge is -2.06. The summed E-state index contributed by atoms with van der Waals surface area (Å²) in [5, 5.41) is 7.08. The fraction of sp³-hybridized carbons (Fsp3) is 0.182. The van der Waals surface area contributed by atoms with Gasteiger partial charge in [0.2, 0.25) is 0 Å². The molecule has 1 aromatic carbocycles. The van der Waals surface area contributed by atoms with Gasteiger partial charge in [-0.05, 0) is 19.1 Å². The van der Waals surface area contributed by atoms with Crippen LogP contribution in [0.3, 0.4) is 0 Å². The molecule has 0 aliphatic carbocycles. The first-order valence-electron chi connectivity index (χ1n) is 4.76. The molecule has 0 aliphatic heterocycles. The SMILES string of the molecule is Cc1cc(CNc2ccccc2N)no1. The van der Waals surface area contributed by atoms with Crippen molar-refractivity contribution in [1.82, 2.24) is 5.16 Å². The van der Waals surface area contributed by atoms with Gasteiger partial charge in [0.05, 0.1) is 17.9 Å². The Morgan fingerprint density at radius 3 is 2.87 bits per heavy atom. The first-order chi connectivity index (χ1) is 7.25. The maximum absolute atomic E-state index is 5.78. The van der Waals surface area contributed by atoms with E-state index in [-0.39, 0.29) is 0 Å². The Balaban J connectivity index is 2.02. The van der Waals surface area contributed by atoms with E-state index < -0.39 is 0 Å². The van der Waals surface area contributed by atoms with Crippen LogP contribution >= 0.6 is 0 Å². The van der Waals surface area contributed by atoms with Crippen LogP contribution in [0.5, 0.6) is 0 Å². The number of nitrogens with zero attached hydrogens (tertiary/aromatic N) is 1. The van der Waals surface area contributed by atoms with Gasteiger partial charge in [-0.1, -0.05) is 17.3 Å². The highest BCUT2D eigenvalue weighted by Crippen LogP contribution is 2.17. The van der Waals surface area contributed by atoms with E-state index in [1.807, 2.05) is 37.3 Å². The molecule has 0 atom stereocenters. The predicted octanol–water partition coefficient (Wildman–Crippen LogP) is 2.18. The van der Waals surface area contributed by atoms with Crippen molar-refractivity contribution < 1.29 is 4.52 Å². The van der Waals surface area contributed by atoms with Crippen LogP contribution in [0.1, 0.15) is 11.5 Å². The lowest BCUT2D eigenvalue weighted by atomic mass is 10.2. The summed E-state index contributed by atoms with van der Waals surface area (Å²) >= 11 is 0. The van der Waals surface area contributed by atoms with Gasteiger partial charge in [0, 0.05) is 6.07 Å². The van der Waals surface area contributed by atoms with Gasteiger partial charge in [-0.25, -0.2) is 0 Å². The maximum Gasteiger partial charge on any atom is 0.133 e. The number of hydrogen-bond donors (Lipinski definition) is 2. The quantitative estimate of drug-likeness (QED) is 0.750. The molecular formula is C11H13N3O. The maximum atomic E-state index is 5.78. The van der Waals surface area contributed by atoms with E-state index in [2.05, 4.69) is 10.5 Å². The number of hydrogen-bond acceptors (Lipinski definition) is 4. The summed E-state index contributed by atoms with van der Waals surface area (Å²) in [6.45, 7) is 2.49. The van der Waals surface area contributed by atoms with Crippen LogP contribution < -0.4 is 11.1 Å². The fourth-order valence-electron chi connectivity index (χ4n) is 1.35. The van der Waals surface area contributed by atoms with Gasteiger partial charge < -0.3 is 15.6 Å². The minimum Gasteiger partial charge on any atom is -0.397 e. The molecule has 4 nitrogen and oxygen atoms in total. The molecule has 1 aromatic heterocycles. The van der Waals surface area contributed by atoms with Gasteiger partial charge in [-0.15, -0.1) is 0 Å². The zero-order valence-corrected chi connectivity index (χ0v) is 8.53. The van der Waals surface area contributed by atoms with E-state index in [9.17, 15) is 0 Å². The molecule has 78 valence electrons. The number of nitrogen functional groups attached to an aromatic ring is 1. The molecule has 2 rings (SSSR count). The number of aryl methyl sites for hydroxylation is 1. The zero-order valence-electron chi connectivity index (χ0n) is 8.53. The van der Waals surface area contributed by atoms with Crippen LogP contribution in [-0.2, 0) is 6.54 Å². The molecule has 0 saturated heterocycles. The van der Waals surface area contributed by atoms with Crippen molar-refractivity contribution >= 4 is 11.4 Å². The largest absolute Gasteiger partial charge is 0.397 e. The number of rotatable bonds is 3. The number of benzene rings is 1. The number of aromatic nitrogens is 1. The lowest BCUT2D eigenvalue weighted by molar-refractivity contribution is 0.391. The second kappa shape index (κ2) is 4.04. The first kappa shape index (κ1) is 9.58. The number of para-hydroxylation sites is 2. The highest BCUT2D eigenvalue weighted by molar-refractivity contribution is 5.65. The van der Waals surface area contributed by atoms with E-state index in [0.717, 1.165) is 22.8 Å². The molecule has 4 heteroatoms. The van der Waals surface area contributed by atoms with Crippen molar-refractivity contribution in [2.45, 2.75) is 13.5 Å². The van der Waals surface area contributed by atoms with Gasteiger partial charge in [0.25, 0.3) is 0 Å². The smallest absolute Gasteiger partial charge is 0.133 e. The number of nitrogens with one attached hydrogen (secondary N) is 1. The first-order valence-corrected chi connectivity index (χ1v) is 4.76. The molecule has 0 saturated carbocycles. The predicted molar refractivity (Wildman–Crippen MR) is 59.4 cm³/mol. The highest BCUT2D eigenvalue weighted by atomic mass is 16.5. The molecule has 0 amide bonds. The van der Waals surface area contributed by atoms with Crippen LogP contribution in [0.25, 0.3) is 0 Å². The average molecular weight is 203 g/mol. The third kappa shape index (κ3) is 2.28. The molecule has 0 bridgehead atoms. The van der Waals surface area contributed by atoms with E-state index >= 15 is 0 Å². The van der Waals surface area contributed by atoms with Gasteiger partial charge in [-0.2, -0.15) is 0 Å². The van der Waals surface area contributed by atoms with Crippen molar-refractivity contribution in [1.29, 1.82) is 0 Å². The van der Waals surface area contributed by atoms with Crippen molar-refractivity contribution in [3.8, 4) is 0 Å². The molecule has 2 aromatic rings. The normalized spacial score (nSPS) is 10.2. The Morgan fingerprint density at radius 1 is 1.40 bits per heavy atom. The summed E-state index contributed by atoms with van der Waals surface area (Å²) in [7, 11) is 0. The van der Waals surface area contributed by atoms with Crippen molar-refractivity contribution in [2.75, 3.05) is 11.1 Å². The fourth-order valence-corrected chi connectivity index (χ4v) is 1.35. The lowest BCUT2D eigenvalue weighted by Crippen LogP contribution is -2.02. The summed E-state index contributed by atoms with van der Waals surface area (Å²) in [5.74, 6) is 0.813. The summed E-state index contributed by atoms with van der Waals surface area (Å²) in [6, 6.07) is 9.53. The summed E-state index contributed by atoms with van der Waals surface area (Å²) in [4.78, 5) is 0. The van der Waals surface area contributed by atoms with Crippen LogP contribution in [0.15, 0.2) is 34.9 Å². The van der Waals surface area contributed by atoms with Gasteiger partial charge in [0.15, 0.2) is 0 Å². The Kier molecular flexibility index (Phi) is 2.58. The second-order valence-electron chi connectivity index (χ2n) is 3.37. The number of anilines is 2. The molecule has 15 heavy (non-hydrogen) atoms. The van der Waals surface area contributed by atoms with Crippen LogP contribution in [-0.4, -0.2) is 5.16 Å². The summed E-state index contributed by atoms with van der Waals surface area (Å²) in [5.41, 5.74) is 8.30. The van der Waals surface area contributed by atoms with Gasteiger partial charge >= 0.3 is 0 Å². The van der Waals surface area contributed by atoms with E-state index in [4.69, 9.17) is 10.3 Å². The standard InChI is InChI=1S/C11H13N3O/c1-8-6-9(14-15-8)7-13-11-5-3-2-4-10(11)12/h2-6,13H,7,12H2,1H3. The van der Waals surface area contributed by atoms with Crippen LogP contribution in [0, 0.1) is 6.92 Å². The summed E-state index contributed by atoms with van der Waals surface area (Å²) in [6.07, 6.45) is 0. The second-order valence-corrected chi connectivity index (χ2v) is 3.37. The molecular weight excluding hydrogens is 190 g/mol. The Hall–Kier alpha value is -1.97. The van der Waals surface area contributed by atoms with Crippen LogP contribution in [0.2, 0.25) is 0 Å². The van der Waals surface area contributed by atoms with Gasteiger partial charge in [0.1, 0.15) is 11.5 Å². The van der Waals surface area contributed by atoms with E-state index in [1.54, 1.807) is 0 Å². The molecule has 0 spiro atoms. The summed E-state index contributed by atoms with van der Waals surface area (Å²) < 4.78 is 4.96. The zero-order chi connectivity index (χ0) is 10.7. The molecule has 1 heterocycles. The van der Waals surface area contributed by atoms with Crippen molar-refractivity contribution in [2.24, 2.45) is 0 Å². The topological polar surface area (TPSA) is 64.1 Å². The number of nitrogens with two attached hydrogens (primary N) is 1. The minimum atomic E-state index is 0.617.